The number of aliphatic hydroxyl groups is 1. The van der Waals surface area contributed by atoms with Gasteiger partial charge in [0.2, 0.25) is 0 Å². The molecule has 0 aromatic heterocycles. The first-order valence-corrected chi connectivity index (χ1v) is 5.97. The van der Waals surface area contributed by atoms with Crippen molar-refractivity contribution in [2.24, 2.45) is 23.0 Å². The van der Waals surface area contributed by atoms with Crippen molar-refractivity contribution in [3.63, 3.8) is 0 Å². The first-order valence-electron chi connectivity index (χ1n) is 5.97. The average Bonchev–Trinajstić information content (AvgIpc) is 2.28. The van der Waals surface area contributed by atoms with Crippen LogP contribution < -0.4 is 5.73 Å². The molecule has 1 unspecified atom stereocenters. The van der Waals surface area contributed by atoms with Crippen molar-refractivity contribution in [1.82, 2.24) is 0 Å². The van der Waals surface area contributed by atoms with Crippen LogP contribution in [0.5, 0.6) is 0 Å². The minimum Gasteiger partial charge on any atom is -0.396 e. The molecule has 84 valence electrons. The van der Waals surface area contributed by atoms with Gasteiger partial charge in [-0.1, -0.05) is 33.1 Å². The molecule has 0 radical (unpaired) electrons. The fraction of sp³-hybridized carbons (Fsp3) is 1.00. The van der Waals surface area contributed by atoms with Crippen LogP contribution in [0.2, 0.25) is 0 Å². The van der Waals surface area contributed by atoms with E-state index in [2.05, 4.69) is 13.8 Å². The van der Waals surface area contributed by atoms with Gasteiger partial charge < -0.3 is 10.8 Å². The van der Waals surface area contributed by atoms with Crippen LogP contribution in [0.15, 0.2) is 0 Å². The number of hydrogen-bond donors (Lipinski definition) is 2. The summed E-state index contributed by atoms with van der Waals surface area (Å²) in [7, 11) is 0. The Morgan fingerprint density at radius 2 is 1.86 bits per heavy atom. The second-order valence-corrected chi connectivity index (χ2v) is 5.14. The lowest BCUT2D eigenvalue weighted by atomic mass is 9.68. The molecule has 0 spiro atoms. The minimum atomic E-state index is -0.0291. The molecule has 0 aromatic carbocycles. The van der Waals surface area contributed by atoms with Crippen molar-refractivity contribution in [2.45, 2.75) is 46.0 Å². The van der Waals surface area contributed by atoms with Crippen molar-refractivity contribution >= 4 is 0 Å². The molecular formula is C12H25NO. The Hall–Kier alpha value is -0.0800. The van der Waals surface area contributed by atoms with Gasteiger partial charge in [-0.3, -0.25) is 0 Å². The van der Waals surface area contributed by atoms with E-state index in [0.717, 1.165) is 5.92 Å². The highest BCUT2D eigenvalue weighted by molar-refractivity contribution is 4.86. The Kier molecular flexibility index (Phi) is 4.39. The maximum Gasteiger partial charge on any atom is 0.0499 e. The Labute approximate surface area is 87.9 Å². The summed E-state index contributed by atoms with van der Waals surface area (Å²) in [6, 6.07) is 0. The van der Waals surface area contributed by atoms with Gasteiger partial charge in [-0.15, -0.1) is 0 Å². The molecule has 2 heteroatoms. The van der Waals surface area contributed by atoms with Crippen LogP contribution in [0.4, 0.5) is 0 Å². The summed E-state index contributed by atoms with van der Waals surface area (Å²) in [5.74, 6) is 1.56. The van der Waals surface area contributed by atoms with E-state index in [1.807, 2.05) is 0 Å². The molecule has 3 N–H and O–H groups in total. The Morgan fingerprint density at radius 3 is 2.21 bits per heavy atom. The van der Waals surface area contributed by atoms with Crippen LogP contribution in [-0.4, -0.2) is 18.3 Å². The molecule has 1 saturated carbocycles. The second-order valence-electron chi connectivity index (χ2n) is 5.14. The summed E-state index contributed by atoms with van der Waals surface area (Å²) >= 11 is 0. The Morgan fingerprint density at radius 1 is 1.29 bits per heavy atom. The SMILES string of the molecule is CCC1CCC(C(C)(CN)CO)CC1. The van der Waals surface area contributed by atoms with E-state index in [1.54, 1.807) is 0 Å². The van der Waals surface area contributed by atoms with E-state index in [0.29, 0.717) is 12.5 Å². The zero-order valence-corrected chi connectivity index (χ0v) is 9.63. The fourth-order valence-corrected chi connectivity index (χ4v) is 2.63. The van der Waals surface area contributed by atoms with E-state index >= 15 is 0 Å². The van der Waals surface area contributed by atoms with Crippen molar-refractivity contribution in [2.75, 3.05) is 13.2 Å². The largest absolute Gasteiger partial charge is 0.396 e. The van der Waals surface area contributed by atoms with Gasteiger partial charge in [-0.25, -0.2) is 0 Å². The van der Waals surface area contributed by atoms with Gasteiger partial charge >= 0.3 is 0 Å². The summed E-state index contributed by atoms with van der Waals surface area (Å²) in [4.78, 5) is 0. The van der Waals surface area contributed by atoms with Gasteiger partial charge in [0, 0.05) is 18.6 Å². The standard InChI is InChI=1S/C12H25NO/c1-3-10-4-6-11(7-5-10)12(2,8-13)9-14/h10-11,14H,3-9,13H2,1-2H3. The molecule has 1 fully saturated rings. The first-order chi connectivity index (χ1) is 6.66. The molecule has 0 saturated heterocycles. The second kappa shape index (κ2) is 5.13. The third-order valence-corrected chi connectivity index (χ3v) is 4.24. The highest BCUT2D eigenvalue weighted by Crippen LogP contribution is 2.40. The van der Waals surface area contributed by atoms with Crippen molar-refractivity contribution < 1.29 is 5.11 Å². The van der Waals surface area contributed by atoms with Gasteiger partial charge in [-0.2, -0.15) is 0 Å². The monoisotopic (exact) mass is 199 g/mol. The topological polar surface area (TPSA) is 46.2 Å². The summed E-state index contributed by atoms with van der Waals surface area (Å²) in [6.07, 6.45) is 6.48. The van der Waals surface area contributed by atoms with E-state index in [1.165, 1.54) is 32.1 Å². The molecule has 14 heavy (non-hydrogen) atoms. The molecule has 1 aliphatic rings. The minimum absolute atomic E-state index is 0.0291. The molecule has 0 aliphatic heterocycles. The smallest absolute Gasteiger partial charge is 0.0499 e. The van der Waals surface area contributed by atoms with Gasteiger partial charge in [0.15, 0.2) is 0 Å². The molecule has 0 heterocycles. The number of hydrogen-bond acceptors (Lipinski definition) is 2. The summed E-state index contributed by atoms with van der Waals surface area (Å²) in [5, 5.41) is 9.38. The third kappa shape index (κ3) is 2.48. The number of nitrogens with two attached hydrogens (primary N) is 1. The van der Waals surface area contributed by atoms with Crippen molar-refractivity contribution in [3.05, 3.63) is 0 Å². The van der Waals surface area contributed by atoms with E-state index in [4.69, 9.17) is 5.73 Å². The van der Waals surface area contributed by atoms with E-state index in [-0.39, 0.29) is 12.0 Å². The van der Waals surface area contributed by atoms with Gasteiger partial charge in [0.05, 0.1) is 0 Å². The maximum absolute atomic E-state index is 9.38. The van der Waals surface area contributed by atoms with Crippen LogP contribution in [0.1, 0.15) is 46.0 Å². The maximum atomic E-state index is 9.38. The van der Waals surface area contributed by atoms with Crippen molar-refractivity contribution in [3.8, 4) is 0 Å². The highest BCUT2D eigenvalue weighted by Gasteiger charge is 2.34. The predicted octanol–water partition coefficient (Wildman–Crippen LogP) is 2.16. The van der Waals surface area contributed by atoms with Crippen LogP contribution >= 0.6 is 0 Å². The van der Waals surface area contributed by atoms with E-state index < -0.39 is 0 Å². The fourth-order valence-electron chi connectivity index (χ4n) is 2.63. The lowest BCUT2D eigenvalue weighted by molar-refractivity contribution is 0.0536. The first kappa shape index (κ1) is 12.0. The van der Waals surface area contributed by atoms with Crippen LogP contribution in [0.25, 0.3) is 0 Å². The Bertz CT molecular complexity index is 158. The van der Waals surface area contributed by atoms with Gasteiger partial charge in [0.25, 0.3) is 0 Å². The number of aliphatic hydroxyl groups excluding tert-OH is 1. The molecule has 1 rings (SSSR count). The molecule has 0 bridgehead atoms. The molecule has 2 nitrogen and oxygen atoms in total. The van der Waals surface area contributed by atoms with Crippen LogP contribution in [-0.2, 0) is 0 Å². The summed E-state index contributed by atoms with van der Waals surface area (Å²) in [6.45, 7) is 5.26. The zero-order chi connectivity index (χ0) is 10.6. The lowest BCUT2D eigenvalue weighted by Crippen LogP contribution is -2.40. The summed E-state index contributed by atoms with van der Waals surface area (Å²) in [5.41, 5.74) is 5.73. The van der Waals surface area contributed by atoms with Crippen LogP contribution in [0.3, 0.4) is 0 Å². The lowest BCUT2D eigenvalue weighted by Gasteiger charge is -2.39. The van der Waals surface area contributed by atoms with Crippen molar-refractivity contribution in [1.29, 1.82) is 0 Å². The van der Waals surface area contributed by atoms with E-state index in [9.17, 15) is 5.11 Å². The summed E-state index contributed by atoms with van der Waals surface area (Å²) < 4.78 is 0. The predicted molar refractivity (Wildman–Crippen MR) is 60.0 cm³/mol. The molecule has 0 aromatic rings. The quantitative estimate of drug-likeness (QED) is 0.729. The van der Waals surface area contributed by atoms with Crippen LogP contribution in [0, 0.1) is 17.3 Å². The molecule has 1 atom stereocenters. The van der Waals surface area contributed by atoms with Gasteiger partial charge in [-0.05, 0) is 24.7 Å². The normalized spacial score (nSPS) is 32.6. The average molecular weight is 199 g/mol. The zero-order valence-electron chi connectivity index (χ0n) is 9.63. The molecular weight excluding hydrogens is 174 g/mol. The molecule has 1 aliphatic carbocycles. The van der Waals surface area contributed by atoms with Gasteiger partial charge in [0.1, 0.15) is 0 Å². The molecule has 0 amide bonds. The third-order valence-electron chi connectivity index (χ3n) is 4.24. The Balaban J connectivity index is 2.47. The highest BCUT2D eigenvalue weighted by atomic mass is 16.3. The number of rotatable bonds is 4.